The summed E-state index contributed by atoms with van der Waals surface area (Å²) in [5.41, 5.74) is 12.1. The zero-order chi connectivity index (χ0) is 19.7. The molecular formula is C24H24N2O2. The Bertz CT molecular complexity index is 1060. The predicted octanol–water partition coefficient (Wildman–Crippen LogP) is 4.57. The van der Waals surface area contributed by atoms with E-state index in [2.05, 4.69) is 62.4 Å². The summed E-state index contributed by atoms with van der Waals surface area (Å²) in [6, 6.07) is 23.1. The van der Waals surface area contributed by atoms with Gasteiger partial charge in [-0.05, 0) is 65.4 Å². The third kappa shape index (κ3) is 3.11. The lowest BCUT2D eigenvalue weighted by Crippen LogP contribution is -2.27. The Morgan fingerprint density at radius 3 is 2.29 bits per heavy atom. The maximum absolute atomic E-state index is 5.95. The van der Waals surface area contributed by atoms with Crippen LogP contribution in [0.25, 0.3) is 11.1 Å². The van der Waals surface area contributed by atoms with Crippen LogP contribution in [0.3, 0.4) is 0 Å². The number of nitrogens with two attached hydrogens (primary N) is 1. The van der Waals surface area contributed by atoms with Gasteiger partial charge in [-0.2, -0.15) is 0 Å². The number of hydrogen-bond acceptors (Lipinski definition) is 4. The van der Waals surface area contributed by atoms with Crippen LogP contribution in [-0.4, -0.2) is 19.7 Å². The smallest absolute Gasteiger partial charge is 0.283 e. The summed E-state index contributed by atoms with van der Waals surface area (Å²) in [7, 11) is 1.68. The predicted molar refractivity (Wildman–Crippen MR) is 113 cm³/mol. The molecule has 0 saturated heterocycles. The maximum Gasteiger partial charge on any atom is 0.283 e. The quantitative estimate of drug-likeness (QED) is 0.730. The van der Waals surface area contributed by atoms with Crippen molar-refractivity contribution < 1.29 is 9.47 Å². The van der Waals surface area contributed by atoms with E-state index in [4.69, 9.17) is 20.2 Å². The summed E-state index contributed by atoms with van der Waals surface area (Å²) in [5.74, 6) is 0.832. The molecule has 0 radical (unpaired) electrons. The normalized spacial score (nSPS) is 18.5. The van der Waals surface area contributed by atoms with Crippen LogP contribution in [0.5, 0.6) is 5.75 Å². The van der Waals surface area contributed by atoms with Crippen molar-refractivity contribution in [2.75, 3.05) is 13.7 Å². The zero-order valence-electron chi connectivity index (χ0n) is 16.4. The number of amidine groups is 1. The van der Waals surface area contributed by atoms with E-state index in [1.54, 1.807) is 7.11 Å². The molecule has 0 amide bonds. The molecule has 4 heteroatoms. The molecule has 1 unspecified atom stereocenters. The van der Waals surface area contributed by atoms with E-state index in [-0.39, 0.29) is 6.02 Å². The average Bonchev–Trinajstić information content (AvgIpc) is 3.13. The van der Waals surface area contributed by atoms with E-state index in [1.807, 2.05) is 18.2 Å². The van der Waals surface area contributed by atoms with Gasteiger partial charge in [0.05, 0.1) is 7.11 Å². The molecule has 3 aromatic rings. The highest BCUT2D eigenvalue weighted by molar-refractivity contribution is 5.76. The molecule has 0 saturated carbocycles. The summed E-state index contributed by atoms with van der Waals surface area (Å²) in [5, 5.41) is 0. The molecular weight excluding hydrogens is 348 g/mol. The van der Waals surface area contributed by atoms with Gasteiger partial charge in [-0.15, -0.1) is 0 Å². The number of aliphatic imine (C=N–C) groups is 1. The molecule has 4 nitrogen and oxygen atoms in total. The number of hydrogen-bond donors (Lipinski definition) is 1. The Morgan fingerprint density at radius 2 is 1.61 bits per heavy atom. The summed E-state index contributed by atoms with van der Waals surface area (Å²) in [6.07, 6.45) is 0. The summed E-state index contributed by atoms with van der Waals surface area (Å²) in [4.78, 5) is 4.75. The number of nitrogens with zero attached hydrogens (tertiary/aromatic N) is 1. The van der Waals surface area contributed by atoms with Crippen LogP contribution in [0.1, 0.15) is 22.3 Å². The van der Waals surface area contributed by atoms with Gasteiger partial charge in [0.2, 0.25) is 0 Å². The van der Waals surface area contributed by atoms with E-state index in [1.165, 1.54) is 11.1 Å². The lowest BCUT2D eigenvalue weighted by molar-refractivity contribution is 0.278. The van der Waals surface area contributed by atoms with Crippen molar-refractivity contribution in [1.82, 2.24) is 0 Å². The summed E-state index contributed by atoms with van der Waals surface area (Å²) in [6.45, 7) is 4.61. The Hall–Kier alpha value is -3.27. The Labute approximate surface area is 165 Å². The van der Waals surface area contributed by atoms with Gasteiger partial charge in [-0.1, -0.05) is 48.5 Å². The van der Waals surface area contributed by atoms with Gasteiger partial charge >= 0.3 is 0 Å². The fourth-order valence-electron chi connectivity index (χ4n) is 3.65. The molecule has 1 aliphatic rings. The Balaban J connectivity index is 1.85. The Morgan fingerprint density at radius 1 is 0.893 bits per heavy atom. The molecule has 4 rings (SSSR count). The lowest BCUT2D eigenvalue weighted by atomic mass is 9.82. The van der Waals surface area contributed by atoms with Crippen LogP contribution >= 0.6 is 0 Å². The van der Waals surface area contributed by atoms with E-state index in [0.29, 0.717) is 6.61 Å². The van der Waals surface area contributed by atoms with Crippen LogP contribution in [0.2, 0.25) is 0 Å². The van der Waals surface area contributed by atoms with Gasteiger partial charge in [0.15, 0.2) is 5.54 Å². The molecule has 1 atom stereocenters. The minimum absolute atomic E-state index is 0.227. The second-order valence-electron chi connectivity index (χ2n) is 7.21. The number of rotatable bonds is 4. The van der Waals surface area contributed by atoms with Gasteiger partial charge in [0.25, 0.3) is 6.02 Å². The molecule has 1 aliphatic heterocycles. The summed E-state index contributed by atoms with van der Waals surface area (Å²) < 4.78 is 11.0. The number of aryl methyl sites for hydroxylation is 2. The number of methoxy groups -OCH3 is 1. The molecule has 0 aliphatic carbocycles. The van der Waals surface area contributed by atoms with Gasteiger partial charge in [0.1, 0.15) is 12.4 Å². The van der Waals surface area contributed by atoms with Crippen LogP contribution in [0, 0.1) is 13.8 Å². The zero-order valence-corrected chi connectivity index (χ0v) is 16.4. The first kappa shape index (κ1) is 18.1. The largest absolute Gasteiger partial charge is 0.497 e. The van der Waals surface area contributed by atoms with E-state index < -0.39 is 5.54 Å². The standard InChI is InChI=1S/C24H24N2O2/c1-16-10-11-21(12-17(16)2)24(15-28-23(25)26-24)20-8-4-6-18(13-20)19-7-5-9-22(14-19)27-3/h4-14H,15H2,1-3H3,(H2,25,26). The third-order valence-electron chi connectivity index (χ3n) is 5.46. The first-order valence-electron chi connectivity index (χ1n) is 9.33. The highest BCUT2D eigenvalue weighted by Gasteiger charge is 2.40. The second-order valence-corrected chi connectivity index (χ2v) is 7.21. The number of ether oxygens (including phenoxy) is 2. The van der Waals surface area contributed by atoms with Gasteiger partial charge in [0, 0.05) is 0 Å². The van der Waals surface area contributed by atoms with E-state index in [9.17, 15) is 0 Å². The van der Waals surface area contributed by atoms with Crippen molar-refractivity contribution in [1.29, 1.82) is 0 Å². The third-order valence-corrected chi connectivity index (χ3v) is 5.46. The molecule has 0 spiro atoms. The van der Waals surface area contributed by atoms with Crippen molar-refractivity contribution >= 4 is 6.02 Å². The molecule has 28 heavy (non-hydrogen) atoms. The van der Waals surface area contributed by atoms with E-state index >= 15 is 0 Å². The minimum atomic E-state index is -0.641. The van der Waals surface area contributed by atoms with E-state index in [0.717, 1.165) is 28.0 Å². The highest BCUT2D eigenvalue weighted by atomic mass is 16.5. The van der Waals surface area contributed by atoms with Crippen molar-refractivity contribution in [3.05, 3.63) is 89.0 Å². The maximum atomic E-state index is 5.95. The Kier molecular flexibility index (Phi) is 4.55. The summed E-state index contributed by atoms with van der Waals surface area (Å²) >= 11 is 0. The van der Waals surface area contributed by atoms with Crippen molar-refractivity contribution in [2.45, 2.75) is 19.4 Å². The van der Waals surface area contributed by atoms with Gasteiger partial charge < -0.3 is 15.2 Å². The monoisotopic (exact) mass is 372 g/mol. The fraction of sp³-hybridized carbons (Fsp3) is 0.208. The number of benzene rings is 3. The molecule has 2 N–H and O–H groups in total. The first-order valence-corrected chi connectivity index (χ1v) is 9.33. The topological polar surface area (TPSA) is 56.8 Å². The SMILES string of the molecule is COc1cccc(-c2cccc(C3(c4ccc(C)c(C)c4)COC(N)=N3)c2)c1. The van der Waals surface area contributed by atoms with Crippen molar-refractivity contribution in [2.24, 2.45) is 10.7 Å². The highest BCUT2D eigenvalue weighted by Crippen LogP contribution is 2.39. The van der Waals surface area contributed by atoms with Crippen LogP contribution in [-0.2, 0) is 10.3 Å². The minimum Gasteiger partial charge on any atom is -0.497 e. The molecule has 0 aromatic heterocycles. The molecule has 1 heterocycles. The first-order chi connectivity index (χ1) is 13.5. The second kappa shape index (κ2) is 7.04. The molecule has 0 fully saturated rings. The average molecular weight is 372 g/mol. The van der Waals surface area contributed by atoms with Crippen molar-refractivity contribution in [3.8, 4) is 16.9 Å². The molecule has 0 bridgehead atoms. The lowest BCUT2D eigenvalue weighted by Gasteiger charge is -2.26. The van der Waals surface area contributed by atoms with Crippen LogP contribution in [0.4, 0.5) is 0 Å². The van der Waals surface area contributed by atoms with Gasteiger partial charge in [-0.3, -0.25) is 0 Å². The van der Waals surface area contributed by atoms with Crippen LogP contribution < -0.4 is 10.5 Å². The molecule has 3 aromatic carbocycles. The fourth-order valence-corrected chi connectivity index (χ4v) is 3.65. The molecule has 142 valence electrons. The van der Waals surface area contributed by atoms with Crippen LogP contribution in [0.15, 0.2) is 71.7 Å². The van der Waals surface area contributed by atoms with Gasteiger partial charge in [-0.25, -0.2) is 4.99 Å². The van der Waals surface area contributed by atoms with Crippen molar-refractivity contribution in [3.63, 3.8) is 0 Å².